The quantitative estimate of drug-likeness (QED) is 0.318. The van der Waals surface area contributed by atoms with Crippen LogP contribution in [0.5, 0.6) is 5.75 Å². The number of phenols is 1. The molecule has 4 rings (SSSR count). The highest BCUT2D eigenvalue weighted by atomic mass is 19.1. The molecule has 0 bridgehead atoms. The highest BCUT2D eigenvalue weighted by Crippen LogP contribution is 2.25. The van der Waals surface area contributed by atoms with E-state index < -0.39 is 11.7 Å². The number of hydrazone groups is 1. The van der Waals surface area contributed by atoms with Crippen molar-refractivity contribution in [2.45, 2.75) is 0 Å². The summed E-state index contributed by atoms with van der Waals surface area (Å²) in [4.78, 5) is 24.5. The molecule has 7 heteroatoms. The average molecular weight is 427 g/mol. The summed E-state index contributed by atoms with van der Waals surface area (Å²) in [6, 6.07) is 22.3. The molecule has 4 aromatic rings. The predicted molar refractivity (Wildman–Crippen MR) is 121 cm³/mol. The normalized spacial score (nSPS) is 10.9. The first kappa shape index (κ1) is 20.7. The molecular weight excluding hydrogens is 409 g/mol. The number of amides is 2. The Morgan fingerprint density at radius 3 is 2.22 bits per heavy atom. The Morgan fingerprint density at radius 2 is 1.47 bits per heavy atom. The number of nitrogens with one attached hydrogen (secondary N) is 2. The number of phenolic OH excluding ortho intramolecular Hbond substituents is 1. The van der Waals surface area contributed by atoms with E-state index in [-0.39, 0.29) is 11.7 Å². The van der Waals surface area contributed by atoms with E-state index in [0.717, 1.165) is 10.8 Å². The Hall–Kier alpha value is -4.52. The summed E-state index contributed by atoms with van der Waals surface area (Å²) in [5.74, 6) is -1.20. The molecule has 0 heterocycles. The molecule has 0 aliphatic carbocycles. The van der Waals surface area contributed by atoms with Crippen molar-refractivity contribution in [3.8, 4) is 5.75 Å². The van der Waals surface area contributed by atoms with Gasteiger partial charge < -0.3 is 10.4 Å². The average Bonchev–Trinajstić information content (AvgIpc) is 2.81. The number of carbonyl (C=O) groups is 2. The van der Waals surface area contributed by atoms with Crippen LogP contribution in [0.4, 0.5) is 10.1 Å². The first-order valence-corrected chi connectivity index (χ1v) is 9.72. The van der Waals surface area contributed by atoms with E-state index in [1.165, 1.54) is 30.5 Å². The summed E-state index contributed by atoms with van der Waals surface area (Å²) < 4.78 is 13.0. The lowest BCUT2D eigenvalue weighted by atomic mass is 10.0. The number of hydrogen-bond donors (Lipinski definition) is 3. The smallest absolute Gasteiger partial charge is 0.271 e. The molecule has 0 unspecified atom stereocenters. The maximum Gasteiger partial charge on any atom is 0.271 e. The monoisotopic (exact) mass is 427 g/mol. The van der Waals surface area contributed by atoms with Crippen LogP contribution in [-0.4, -0.2) is 23.1 Å². The van der Waals surface area contributed by atoms with Crippen molar-refractivity contribution in [3.05, 3.63) is 107 Å². The van der Waals surface area contributed by atoms with Crippen LogP contribution >= 0.6 is 0 Å². The Bertz CT molecular complexity index is 1320. The van der Waals surface area contributed by atoms with Crippen LogP contribution in [0.25, 0.3) is 10.8 Å². The topological polar surface area (TPSA) is 90.8 Å². The number of fused-ring (bicyclic) bond motifs is 1. The van der Waals surface area contributed by atoms with Crippen LogP contribution < -0.4 is 10.7 Å². The van der Waals surface area contributed by atoms with Crippen LogP contribution in [0.3, 0.4) is 0 Å². The third kappa shape index (κ3) is 4.62. The van der Waals surface area contributed by atoms with Gasteiger partial charge in [0.05, 0.1) is 6.21 Å². The minimum absolute atomic E-state index is 0.0583. The minimum Gasteiger partial charge on any atom is -0.507 e. The number of halogens is 1. The number of aromatic hydroxyl groups is 1. The molecule has 32 heavy (non-hydrogen) atoms. The molecule has 3 N–H and O–H groups in total. The van der Waals surface area contributed by atoms with Gasteiger partial charge in [-0.25, -0.2) is 9.82 Å². The zero-order chi connectivity index (χ0) is 22.5. The first-order chi connectivity index (χ1) is 15.5. The van der Waals surface area contributed by atoms with E-state index in [0.29, 0.717) is 22.4 Å². The molecule has 0 atom stereocenters. The van der Waals surface area contributed by atoms with Crippen molar-refractivity contribution in [2.24, 2.45) is 5.10 Å². The summed E-state index contributed by atoms with van der Waals surface area (Å²) in [5.41, 5.74) is 4.07. The second kappa shape index (κ2) is 9.09. The van der Waals surface area contributed by atoms with Crippen LogP contribution in [0, 0.1) is 5.82 Å². The van der Waals surface area contributed by atoms with Crippen molar-refractivity contribution in [2.75, 3.05) is 5.32 Å². The number of nitrogens with zero attached hydrogens (tertiary/aromatic N) is 1. The van der Waals surface area contributed by atoms with E-state index in [4.69, 9.17) is 0 Å². The van der Waals surface area contributed by atoms with Gasteiger partial charge in [-0.05, 0) is 65.4 Å². The fraction of sp³-hybridized carbons (Fsp3) is 0. The van der Waals surface area contributed by atoms with Crippen LogP contribution in [0.15, 0.2) is 90.0 Å². The van der Waals surface area contributed by atoms with Gasteiger partial charge in [-0.1, -0.05) is 30.3 Å². The van der Waals surface area contributed by atoms with E-state index >= 15 is 0 Å². The molecule has 0 fully saturated rings. The van der Waals surface area contributed by atoms with Gasteiger partial charge in [-0.15, -0.1) is 0 Å². The summed E-state index contributed by atoms with van der Waals surface area (Å²) in [6.45, 7) is 0. The van der Waals surface area contributed by atoms with Crippen molar-refractivity contribution in [1.82, 2.24) is 5.43 Å². The number of anilines is 1. The maximum atomic E-state index is 13.0. The van der Waals surface area contributed by atoms with Crippen LogP contribution in [0.1, 0.15) is 26.3 Å². The Labute approximate surface area is 183 Å². The Balaban J connectivity index is 1.41. The molecule has 0 aliphatic rings. The Kier molecular flexibility index (Phi) is 5.89. The zero-order valence-electron chi connectivity index (χ0n) is 16.7. The largest absolute Gasteiger partial charge is 0.507 e. The minimum atomic E-state index is -0.447. The molecular formula is C25H18FN3O3. The van der Waals surface area contributed by atoms with E-state index in [1.54, 1.807) is 36.4 Å². The molecule has 0 aliphatic heterocycles. The number of rotatable bonds is 5. The SMILES string of the molecule is O=C(N/N=C/c1c(O)ccc2ccccc12)c1ccc(NC(=O)c2ccc(F)cc2)cc1. The fourth-order valence-corrected chi connectivity index (χ4v) is 3.15. The second-order valence-electron chi connectivity index (χ2n) is 6.96. The second-order valence-corrected chi connectivity index (χ2v) is 6.96. The summed E-state index contributed by atoms with van der Waals surface area (Å²) in [5, 5.41) is 18.5. The molecule has 4 aromatic carbocycles. The van der Waals surface area contributed by atoms with Crippen molar-refractivity contribution >= 4 is 34.5 Å². The van der Waals surface area contributed by atoms with E-state index in [2.05, 4.69) is 15.8 Å². The van der Waals surface area contributed by atoms with E-state index in [1.807, 2.05) is 24.3 Å². The van der Waals surface area contributed by atoms with Crippen molar-refractivity contribution in [3.63, 3.8) is 0 Å². The highest BCUT2D eigenvalue weighted by molar-refractivity contribution is 6.05. The standard InChI is InChI=1S/C25H18FN3O3/c26-19-10-5-17(6-11-19)24(31)28-20-12-7-18(8-13-20)25(32)29-27-15-22-21-4-2-1-3-16(21)9-14-23(22)30/h1-15,30H,(H,28,31)(H,29,32)/b27-15+. The summed E-state index contributed by atoms with van der Waals surface area (Å²) in [7, 11) is 0. The lowest BCUT2D eigenvalue weighted by molar-refractivity contribution is 0.0954. The number of carbonyl (C=O) groups excluding carboxylic acids is 2. The Morgan fingerprint density at radius 1 is 0.812 bits per heavy atom. The third-order valence-electron chi connectivity index (χ3n) is 4.82. The van der Waals surface area contributed by atoms with Gasteiger partial charge >= 0.3 is 0 Å². The van der Waals surface area contributed by atoms with E-state index in [9.17, 15) is 19.1 Å². The molecule has 0 spiro atoms. The first-order valence-electron chi connectivity index (χ1n) is 9.72. The number of hydrogen-bond acceptors (Lipinski definition) is 4. The lowest BCUT2D eigenvalue weighted by Gasteiger charge is -2.07. The third-order valence-corrected chi connectivity index (χ3v) is 4.82. The van der Waals surface area contributed by atoms with Gasteiger partial charge in [0.25, 0.3) is 11.8 Å². The van der Waals surface area contributed by atoms with Gasteiger partial charge in [0.2, 0.25) is 0 Å². The lowest BCUT2D eigenvalue weighted by Crippen LogP contribution is -2.18. The van der Waals surface area contributed by atoms with Gasteiger partial charge in [0.1, 0.15) is 11.6 Å². The van der Waals surface area contributed by atoms with Gasteiger partial charge in [0, 0.05) is 22.4 Å². The molecule has 0 radical (unpaired) electrons. The van der Waals surface area contributed by atoms with Gasteiger partial charge in [-0.2, -0.15) is 5.10 Å². The zero-order valence-corrected chi connectivity index (χ0v) is 16.7. The summed E-state index contributed by atoms with van der Waals surface area (Å²) >= 11 is 0. The van der Waals surface area contributed by atoms with Crippen molar-refractivity contribution in [1.29, 1.82) is 0 Å². The molecule has 0 aromatic heterocycles. The molecule has 6 nitrogen and oxygen atoms in total. The number of benzene rings is 4. The molecule has 0 saturated heterocycles. The molecule has 158 valence electrons. The molecule has 2 amide bonds. The molecule has 0 saturated carbocycles. The van der Waals surface area contributed by atoms with Crippen molar-refractivity contribution < 1.29 is 19.1 Å². The fourth-order valence-electron chi connectivity index (χ4n) is 3.15. The maximum absolute atomic E-state index is 13.0. The highest BCUT2D eigenvalue weighted by Gasteiger charge is 2.09. The van der Waals surface area contributed by atoms with Gasteiger partial charge in [-0.3, -0.25) is 9.59 Å². The van der Waals surface area contributed by atoms with Crippen LogP contribution in [-0.2, 0) is 0 Å². The van der Waals surface area contributed by atoms with Gasteiger partial charge in [0.15, 0.2) is 0 Å². The predicted octanol–water partition coefficient (Wildman–Crippen LogP) is 4.70. The van der Waals surface area contributed by atoms with Crippen LogP contribution in [0.2, 0.25) is 0 Å². The summed E-state index contributed by atoms with van der Waals surface area (Å²) in [6.07, 6.45) is 1.40.